The summed E-state index contributed by atoms with van der Waals surface area (Å²) in [5, 5.41) is 38.1. The van der Waals surface area contributed by atoms with E-state index in [9.17, 15) is 48.3 Å². The van der Waals surface area contributed by atoms with E-state index in [1.807, 2.05) is 53.4 Å². The summed E-state index contributed by atoms with van der Waals surface area (Å²) >= 11 is 0. The van der Waals surface area contributed by atoms with Gasteiger partial charge in [-0.25, -0.2) is 14.2 Å². The highest BCUT2D eigenvalue weighted by Crippen LogP contribution is 2.48. The monoisotopic (exact) mass is 1390 g/mol. The van der Waals surface area contributed by atoms with Crippen LogP contribution in [0.25, 0.3) is 44.8 Å². The van der Waals surface area contributed by atoms with Gasteiger partial charge in [0, 0.05) is 72.1 Å². The number of pyridine rings is 2. The number of carbonyl (C=O) groups excluding carboxylic acids is 8. The first-order valence-corrected chi connectivity index (χ1v) is 35.5. The van der Waals surface area contributed by atoms with Crippen LogP contribution in [0.5, 0.6) is 0 Å². The van der Waals surface area contributed by atoms with Crippen LogP contribution in [-0.4, -0.2) is 154 Å². The first-order chi connectivity index (χ1) is 48.7. The minimum atomic E-state index is -2.06. The van der Waals surface area contributed by atoms with E-state index in [2.05, 4.69) is 42.0 Å². The molecule has 9 N–H and O–H groups in total. The molecule has 0 bridgehead atoms. The second-order valence-corrected chi connectivity index (χ2v) is 27.9. The van der Waals surface area contributed by atoms with E-state index >= 15 is 4.39 Å². The Morgan fingerprint density at radius 3 is 2.24 bits per heavy atom. The van der Waals surface area contributed by atoms with E-state index in [-0.39, 0.29) is 124 Å². The van der Waals surface area contributed by atoms with Crippen LogP contribution in [0, 0.1) is 30.0 Å². The molecule has 6 aliphatic rings. The highest BCUT2D eigenvalue weighted by atomic mass is 19.1. The number of aromatic amines is 1. The number of nitrogens with one attached hydrogen (secondary N) is 6. The van der Waals surface area contributed by atoms with Gasteiger partial charge in [-0.3, -0.25) is 38.4 Å². The van der Waals surface area contributed by atoms with Crippen LogP contribution in [0.1, 0.15) is 156 Å². The standard InChI is InChI=1S/C74H90FN13O13/c1-5-74(98)51-36-57-65-49(40-88(57)71(96)50(51)41-101-72(74)97)63-53(18-17-46-43(4)52(75)37-55(80-65)62(46)63)79-59(90)38-78-69(94)54(15-10-11-28-76)81-70(95)64(42(2)3)82-58(89)22-32-99-34-35-100-33-23-60(91)86-30-26-73(27-31-86)24-19-44(20-25-73)68(93)77-29-21-61(92)87-39-45-12-6-7-13-47(45)66-67(84-85-83-66)48-14-8-9-16-56(48)87/h6-9,12-14,16,36-37,42,44,53-54,64,98H,5,10-11,15,17-35,38-41,76H2,1-4H3,(H,77,93)(H,78,94)(H,79,90)(H,81,95)(H,82,89)(H,83,84,85)/t53-,54-,64-,74-/m0/s1. The second kappa shape index (κ2) is 30.9. The third kappa shape index (κ3) is 14.9. The van der Waals surface area contributed by atoms with Gasteiger partial charge in [-0.1, -0.05) is 63.2 Å². The molecular formula is C74H90FN13O13. The molecule has 3 aromatic heterocycles. The molecule has 12 rings (SSSR count). The zero-order valence-corrected chi connectivity index (χ0v) is 57.7. The number of aryl methyl sites for hydroxylation is 1. The molecule has 1 saturated carbocycles. The molecule has 26 nitrogen and oxygen atoms in total. The Balaban J connectivity index is 0.546. The topological polar surface area (TPSA) is 354 Å². The molecule has 536 valence electrons. The van der Waals surface area contributed by atoms with Gasteiger partial charge in [-0.2, -0.15) is 15.4 Å². The maximum atomic E-state index is 15.6. The fraction of sp³-hybridized carbons (Fsp3) is 0.514. The number of aliphatic hydroxyl groups is 1. The predicted molar refractivity (Wildman–Crippen MR) is 370 cm³/mol. The number of para-hydroxylation sites is 1. The average Bonchev–Trinajstić information content (AvgIpc) is 1.60. The van der Waals surface area contributed by atoms with E-state index in [0.717, 1.165) is 72.2 Å². The van der Waals surface area contributed by atoms with Gasteiger partial charge in [-0.15, -0.1) is 0 Å². The van der Waals surface area contributed by atoms with Crippen molar-refractivity contribution in [3.63, 3.8) is 0 Å². The SMILES string of the molecule is CC[C@@]1(O)C(=O)OCc2c1cc1n(c2=O)Cc2c-1nc1cc(F)c(C)c3c1c2[C@@H](NC(=O)CNC(=O)[C@H](CCCCN)NC(=O)[C@@H](NC(=O)CCOCCOCCC(=O)N1CCC2(CCC(C(=O)NCCC(=O)N4Cc5ccccc5-c5n[nH]nc5-c5ccccc54)CC2)CC1)C(C)C)CC3. The third-order valence-corrected chi connectivity index (χ3v) is 21.4. The zero-order chi connectivity index (χ0) is 71.3. The molecule has 4 atom stereocenters. The van der Waals surface area contributed by atoms with Crippen LogP contribution in [0.4, 0.5) is 10.1 Å². The van der Waals surface area contributed by atoms with Crippen LogP contribution < -0.4 is 42.8 Å². The van der Waals surface area contributed by atoms with E-state index < -0.39 is 71.2 Å². The number of benzene rings is 3. The minimum Gasteiger partial charge on any atom is -0.458 e. The van der Waals surface area contributed by atoms with Crippen molar-refractivity contribution in [3.05, 3.63) is 116 Å². The largest absolute Gasteiger partial charge is 0.458 e. The molecule has 3 aromatic carbocycles. The normalized spacial score (nSPS) is 18.5. The molecular weight excluding hydrogens is 1300 g/mol. The van der Waals surface area contributed by atoms with E-state index in [4.69, 9.17) is 24.9 Å². The number of piperidine rings is 1. The van der Waals surface area contributed by atoms with Gasteiger partial charge in [-0.05, 0) is 136 Å². The number of unbranched alkanes of at least 4 members (excludes halogenated alkanes) is 1. The van der Waals surface area contributed by atoms with Crippen LogP contribution in [0.3, 0.4) is 0 Å². The summed E-state index contributed by atoms with van der Waals surface area (Å²) in [6, 6.07) is 15.7. The molecule has 0 unspecified atom stereocenters. The Morgan fingerprint density at radius 1 is 0.792 bits per heavy atom. The number of amides is 7. The van der Waals surface area contributed by atoms with Gasteiger partial charge >= 0.3 is 5.97 Å². The van der Waals surface area contributed by atoms with E-state index in [1.165, 1.54) is 10.6 Å². The highest BCUT2D eigenvalue weighted by Gasteiger charge is 2.47. The van der Waals surface area contributed by atoms with Gasteiger partial charge < -0.3 is 66.0 Å². The number of H-pyrrole nitrogens is 1. The summed E-state index contributed by atoms with van der Waals surface area (Å²) in [6.45, 7) is 8.87. The summed E-state index contributed by atoms with van der Waals surface area (Å²) < 4.78 is 33.7. The molecule has 27 heteroatoms. The lowest BCUT2D eigenvalue weighted by molar-refractivity contribution is -0.172. The smallest absolute Gasteiger partial charge is 0.343 e. The molecule has 0 radical (unpaired) electrons. The Hall–Kier alpha value is -9.31. The predicted octanol–water partition coefficient (Wildman–Crippen LogP) is 5.62. The summed E-state index contributed by atoms with van der Waals surface area (Å²) in [6.07, 6.45) is 7.23. The van der Waals surface area contributed by atoms with Crippen molar-refractivity contribution < 1.29 is 62.1 Å². The first kappa shape index (κ1) is 71.5. The number of nitrogens with two attached hydrogens (primary N) is 1. The Kier molecular flexibility index (Phi) is 21.9. The average molecular weight is 1390 g/mol. The first-order valence-electron chi connectivity index (χ1n) is 35.5. The molecule has 1 saturated heterocycles. The van der Waals surface area contributed by atoms with Crippen molar-refractivity contribution in [1.82, 2.24) is 56.4 Å². The summed E-state index contributed by atoms with van der Waals surface area (Å²) in [7, 11) is 0. The van der Waals surface area contributed by atoms with Crippen LogP contribution in [0.15, 0.2) is 65.5 Å². The Morgan fingerprint density at radius 2 is 1.50 bits per heavy atom. The fourth-order valence-corrected chi connectivity index (χ4v) is 15.5. The lowest BCUT2D eigenvalue weighted by atomic mass is 9.65. The maximum Gasteiger partial charge on any atom is 0.343 e. The number of ether oxygens (including phenoxy) is 3. The third-order valence-electron chi connectivity index (χ3n) is 21.4. The molecule has 7 heterocycles. The fourth-order valence-electron chi connectivity index (χ4n) is 15.5. The number of fused-ring (bicyclic) bond motifs is 10. The number of anilines is 1. The number of likely N-dealkylation sites (tertiary alicyclic amines) is 1. The van der Waals surface area contributed by atoms with Crippen molar-refractivity contribution in [2.45, 2.75) is 167 Å². The van der Waals surface area contributed by atoms with Crippen LogP contribution in [0.2, 0.25) is 0 Å². The number of carbonyl (C=O) groups is 8. The molecule has 4 aliphatic heterocycles. The molecule has 2 fully saturated rings. The van der Waals surface area contributed by atoms with Crippen molar-refractivity contribution in [1.29, 1.82) is 0 Å². The van der Waals surface area contributed by atoms with Gasteiger partial charge in [0.05, 0.1) is 86.7 Å². The van der Waals surface area contributed by atoms with Crippen molar-refractivity contribution >= 4 is 63.9 Å². The molecule has 2 aliphatic carbocycles. The summed E-state index contributed by atoms with van der Waals surface area (Å²) in [5.41, 5.74) is 11.8. The molecule has 101 heavy (non-hydrogen) atoms. The number of halogens is 1. The van der Waals surface area contributed by atoms with Crippen molar-refractivity contribution in [2.75, 3.05) is 64.1 Å². The van der Waals surface area contributed by atoms with Crippen LogP contribution >= 0.6 is 0 Å². The number of rotatable bonds is 26. The summed E-state index contributed by atoms with van der Waals surface area (Å²) in [5.74, 6) is -4.21. The van der Waals surface area contributed by atoms with E-state index in [0.29, 0.717) is 96.5 Å². The summed E-state index contributed by atoms with van der Waals surface area (Å²) in [4.78, 5) is 131. The number of esters is 1. The Labute approximate surface area is 584 Å². The van der Waals surface area contributed by atoms with Crippen molar-refractivity contribution in [2.24, 2.45) is 23.0 Å². The lowest BCUT2D eigenvalue weighted by Gasteiger charge is -2.45. The Bertz CT molecular complexity index is 4250. The van der Waals surface area contributed by atoms with Gasteiger partial charge in [0.15, 0.2) is 5.60 Å². The highest BCUT2D eigenvalue weighted by molar-refractivity contribution is 6.01. The van der Waals surface area contributed by atoms with Crippen LogP contribution in [-0.2, 0) is 84.3 Å². The van der Waals surface area contributed by atoms with Gasteiger partial charge in [0.1, 0.15) is 35.9 Å². The minimum absolute atomic E-state index is 0.0127. The number of nitrogens with zero attached hydrogens (tertiary/aromatic N) is 6. The number of hydrogen-bond acceptors (Lipinski definition) is 17. The van der Waals surface area contributed by atoms with Gasteiger partial charge in [0.25, 0.3) is 5.56 Å². The zero-order valence-electron chi connectivity index (χ0n) is 57.7. The maximum absolute atomic E-state index is 15.6. The molecule has 7 amide bonds. The molecule has 6 aromatic rings. The number of cyclic esters (lactones) is 1. The van der Waals surface area contributed by atoms with Gasteiger partial charge in [0.2, 0.25) is 41.4 Å². The van der Waals surface area contributed by atoms with Crippen molar-refractivity contribution in [3.8, 4) is 33.9 Å². The van der Waals surface area contributed by atoms with E-state index in [1.54, 1.807) is 38.7 Å². The quantitative estimate of drug-likeness (QED) is 0.0241. The molecule has 1 spiro atoms. The number of aromatic nitrogens is 5. The second-order valence-electron chi connectivity index (χ2n) is 27.9. The number of hydrogen-bond donors (Lipinski definition) is 8. The lowest BCUT2D eigenvalue weighted by Crippen LogP contribution is -2.56.